The van der Waals surface area contributed by atoms with Crippen molar-refractivity contribution < 1.29 is 9.66 Å². The zero-order valence-corrected chi connectivity index (χ0v) is 10.8. The van der Waals surface area contributed by atoms with E-state index >= 15 is 0 Å². The number of anilines is 1. The van der Waals surface area contributed by atoms with E-state index in [2.05, 4.69) is 9.97 Å². The number of imidazole rings is 1. The molecule has 3 N–H and O–H groups in total. The Labute approximate surface area is 114 Å². The fourth-order valence-electron chi connectivity index (χ4n) is 2.30. The molecule has 8 nitrogen and oxygen atoms in total. The second-order valence-corrected chi connectivity index (χ2v) is 4.69. The van der Waals surface area contributed by atoms with E-state index in [0.717, 1.165) is 6.54 Å². The maximum atomic E-state index is 10.8. The molecule has 1 aromatic carbocycles. The first-order valence-corrected chi connectivity index (χ1v) is 6.38. The molecule has 106 valence electrons. The Bertz CT molecular complexity index is 641. The van der Waals surface area contributed by atoms with Gasteiger partial charge in [-0.1, -0.05) is 0 Å². The Morgan fingerprint density at radius 1 is 1.60 bits per heavy atom. The van der Waals surface area contributed by atoms with Crippen LogP contribution in [0.4, 0.5) is 11.6 Å². The van der Waals surface area contributed by atoms with Crippen LogP contribution in [-0.4, -0.2) is 47.2 Å². The van der Waals surface area contributed by atoms with Gasteiger partial charge >= 0.3 is 0 Å². The quantitative estimate of drug-likeness (QED) is 0.629. The van der Waals surface area contributed by atoms with E-state index in [0.29, 0.717) is 36.7 Å². The lowest BCUT2D eigenvalue weighted by atomic mass is 10.3. The zero-order valence-electron chi connectivity index (χ0n) is 10.8. The van der Waals surface area contributed by atoms with Crippen LogP contribution < -0.4 is 10.6 Å². The number of nitro benzene ring substituents is 1. The van der Waals surface area contributed by atoms with Gasteiger partial charge in [0.1, 0.15) is 0 Å². The number of nitrogens with two attached hydrogens (primary N) is 1. The summed E-state index contributed by atoms with van der Waals surface area (Å²) in [7, 11) is 0. The molecule has 1 aliphatic rings. The van der Waals surface area contributed by atoms with Crippen molar-refractivity contribution in [1.29, 1.82) is 0 Å². The van der Waals surface area contributed by atoms with Gasteiger partial charge in [0.2, 0.25) is 5.95 Å². The summed E-state index contributed by atoms with van der Waals surface area (Å²) in [5.74, 6) is 0.697. The Morgan fingerprint density at radius 2 is 2.45 bits per heavy atom. The molecule has 1 aliphatic heterocycles. The number of nitro groups is 1. The standard InChI is InChI=1S/C12H15N5O3/c13-6-9-7-16(3-4-20-9)12-14-10-2-1-8(17(18)19)5-11(10)15-12/h1-2,5,9H,3-4,6-7,13H2,(H,14,15). The van der Waals surface area contributed by atoms with Crippen molar-refractivity contribution in [2.75, 3.05) is 31.1 Å². The number of non-ortho nitro benzene ring substituents is 1. The first-order chi connectivity index (χ1) is 9.67. The molecule has 0 aliphatic carbocycles. The molecule has 1 unspecified atom stereocenters. The monoisotopic (exact) mass is 277 g/mol. The molecule has 0 radical (unpaired) electrons. The smallest absolute Gasteiger partial charge is 0.271 e. The highest BCUT2D eigenvalue weighted by Crippen LogP contribution is 2.23. The van der Waals surface area contributed by atoms with E-state index in [1.807, 2.05) is 4.90 Å². The van der Waals surface area contributed by atoms with Crippen molar-refractivity contribution in [2.24, 2.45) is 5.73 Å². The van der Waals surface area contributed by atoms with Gasteiger partial charge in [0, 0.05) is 31.8 Å². The zero-order chi connectivity index (χ0) is 14.1. The van der Waals surface area contributed by atoms with E-state index in [9.17, 15) is 10.1 Å². The highest BCUT2D eigenvalue weighted by molar-refractivity contribution is 5.80. The maximum absolute atomic E-state index is 10.8. The molecular formula is C12H15N5O3. The fourth-order valence-corrected chi connectivity index (χ4v) is 2.30. The number of hydrogen-bond acceptors (Lipinski definition) is 6. The van der Waals surface area contributed by atoms with E-state index in [1.165, 1.54) is 12.1 Å². The normalized spacial score (nSPS) is 19.4. The molecular weight excluding hydrogens is 262 g/mol. The number of nitrogens with zero attached hydrogens (tertiary/aromatic N) is 3. The summed E-state index contributed by atoms with van der Waals surface area (Å²) in [6.45, 7) is 2.44. The van der Waals surface area contributed by atoms with Crippen molar-refractivity contribution in [3.05, 3.63) is 28.3 Å². The van der Waals surface area contributed by atoms with Gasteiger partial charge in [-0.05, 0) is 6.07 Å². The molecule has 1 atom stereocenters. The van der Waals surface area contributed by atoms with Gasteiger partial charge in [-0.25, -0.2) is 4.98 Å². The molecule has 1 aromatic heterocycles. The van der Waals surface area contributed by atoms with Gasteiger partial charge in [-0.3, -0.25) is 10.1 Å². The number of rotatable bonds is 3. The number of aromatic nitrogens is 2. The first-order valence-electron chi connectivity index (χ1n) is 6.38. The van der Waals surface area contributed by atoms with E-state index < -0.39 is 4.92 Å². The van der Waals surface area contributed by atoms with Crippen LogP contribution in [0.2, 0.25) is 0 Å². The third-order valence-electron chi connectivity index (χ3n) is 3.36. The lowest BCUT2D eigenvalue weighted by Crippen LogP contribution is -2.46. The molecule has 1 saturated heterocycles. The Balaban J connectivity index is 1.90. The molecule has 1 fully saturated rings. The summed E-state index contributed by atoms with van der Waals surface area (Å²) in [5.41, 5.74) is 7.03. The summed E-state index contributed by atoms with van der Waals surface area (Å²) >= 11 is 0. The highest BCUT2D eigenvalue weighted by Gasteiger charge is 2.22. The third-order valence-corrected chi connectivity index (χ3v) is 3.36. The molecule has 2 heterocycles. The lowest BCUT2D eigenvalue weighted by Gasteiger charge is -2.31. The predicted molar refractivity (Wildman–Crippen MR) is 73.8 cm³/mol. The molecule has 0 saturated carbocycles. The number of ether oxygens (including phenoxy) is 1. The first kappa shape index (κ1) is 12.8. The topological polar surface area (TPSA) is 110 Å². The molecule has 0 bridgehead atoms. The van der Waals surface area contributed by atoms with Gasteiger partial charge in [-0.15, -0.1) is 0 Å². The number of morpholine rings is 1. The second-order valence-electron chi connectivity index (χ2n) is 4.69. The number of H-pyrrole nitrogens is 1. The average molecular weight is 277 g/mol. The molecule has 2 aromatic rings. The van der Waals surface area contributed by atoms with Crippen molar-refractivity contribution in [1.82, 2.24) is 9.97 Å². The van der Waals surface area contributed by atoms with Crippen molar-refractivity contribution in [3.63, 3.8) is 0 Å². The van der Waals surface area contributed by atoms with Crippen LogP contribution in [0.15, 0.2) is 18.2 Å². The second kappa shape index (κ2) is 5.06. The van der Waals surface area contributed by atoms with Gasteiger partial charge in [0.15, 0.2) is 0 Å². The van der Waals surface area contributed by atoms with Gasteiger partial charge in [-0.2, -0.15) is 0 Å². The van der Waals surface area contributed by atoms with Gasteiger partial charge < -0.3 is 20.4 Å². The Morgan fingerprint density at radius 3 is 3.20 bits per heavy atom. The van der Waals surface area contributed by atoms with Crippen LogP contribution >= 0.6 is 0 Å². The number of nitrogens with one attached hydrogen (secondary N) is 1. The largest absolute Gasteiger partial charge is 0.373 e. The summed E-state index contributed by atoms with van der Waals surface area (Å²) < 4.78 is 5.51. The van der Waals surface area contributed by atoms with Crippen molar-refractivity contribution in [2.45, 2.75) is 6.10 Å². The van der Waals surface area contributed by atoms with E-state index in [1.54, 1.807) is 6.07 Å². The van der Waals surface area contributed by atoms with Crippen LogP contribution in [0, 0.1) is 10.1 Å². The molecule has 8 heteroatoms. The molecule has 3 rings (SSSR count). The summed E-state index contributed by atoms with van der Waals surface area (Å²) in [6.07, 6.45) is -0.00806. The van der Waals surface area contributed by atoms with Crippen LogP contribution in [0.25, 0.3) is 11.0 Å². The minimum Gasteiger partial charge on any atom is -0.373 e. The summed E-state index contributed by atoms with van der Waals surface area (Å²) in [5, 5.41) is 10.8. The predicted octanol–water partition coefficient (Wildman–Crippen LogP) is 0.635. The average Bonchev–Trinajstić information content (AvgIpc) is 2.90. The number of benzene rings is 1. The van der Waals surface area contributed by atoms with Crippen LogP contribution in [-0.2, 0) is 4.74 Å². The SMILES string of the molecule is NCC1CN(c2nc3ccc([N+](=O)[O-])cc3[nH]2)CCO1. The maximum Gasteiger partial charge on any atom is 0.271 e. The minimum atomic E-state index is -0.418. The Hall–Kier alpha value is -2.19. The number of aromatic amines is 1. The van der Waals surface area contributed by atoms with Gasteiger partial charge in [0.25, 0.3) is 5.69 Å². The highest BCUT2D eigenvalue weighted by atomic mass is 16.6. The minimum absolute atomic E-state index is 0.00806. The third kappa shape index (κ3) is 2.30. The van der Waals surface area contributed by atoms with Crippen LogP contribution in [0.1, 0.15) is 0 Å². The molecule has 20 heavy (non-hydrogen) atoms. The number of fused-ring (bicyclic) bond motifs is 1. The van der Waals surface area contributed by atoms with Crippen LogP contribution in [0.3, 0.4) is 0 Å². The molecule has 0 amide bonds. The van der Waals surface area contributed by atoms with Crippen LogP contribution in [0.5, 0.6) is 0 Å². The van der Waals surface area contributed by atoms with E-state index in [4.69, 9.17) is 10.5 Å². The number of hydrogen-bond donors (Lipinski definition) is 2. The van der Waals surface area contributed by atoms with E-state index in [-0.39, 0.29) is 11.8 Å². The van der Waals surface area contributed by atoms with Crippen molar-refractivity contribution >= 4 is 22.7 Å². The van der Waals surface area contributed by atoms with Gasteiger partial charge in [0.05, 0.1) is 28.7 Å². The molecule has 0 spiro atoms. The van der Waals surface area contributed by atoms with Crippen molar-refractivity contribution in [3.8, 4) is 0 Å². The summed E-state index contributed by atoms with van der Waals surface area (Å²) in [4.78, 5) is 20.0. The summed E-state index contributed by atoms with van der Waals surface area (Å²) in [6, 6.07) is 4.59. The fraction of sp³-hybridized carbons (Fsp3) is 0.417. The Kier molecular flexibility index (Phi) is 3.25. The lowest BCUT2D eigenvalue weighted by molar-refractivity contribution is -0.384.